The highest BCUT2D eigenvalue weighted by molar-refractivity contribution is 5.73. The summed E-state index contributed by atoms with van der Waals surface area (Å²) in [7, 11) is 0. The van der Waals surface area contributed by atoms with Crippen LogP contribution in [0.15, 0.2) is 30.3 Å². The van der Waals surface area contributed by atoms with E-state index in [2.05, 4.69) is 15.4 Å². The number of benzene rings is 1. The normalized spacial score (nSPS) is 11.4. The maximum atomic E-state index is 11.0. The number of nitrogens with zero attached hydrogens (tertiary/aromatic N) is 4. The number of aromatic nitrogens is 4. The molecule has 0 radical (unpaired) electrons. The summed E-state index contributed by atoms with van der Waals surface area (Å²) in [6, 6.07) is 9.43. The Morgan fingerprint density at radius 1 is 1.33 bits per heavy atom. The van der Waals surface area contributed by atoms with Crippen molar-refractivity contribution in [3.05, 3.63) is 30.3 Å². The van der Waals surface area contributed by atoms with Gasteiger partial charge in [-0.2, -0.15) is 4.80 Å². The number of carboxylic acid groups (broad SMARTS) is 1. The smallest absolute Gasteiger partial charge is 0.311 e. The summed E-state index contributed by atoms with van der Waals surface area (Å²) in [5.41, 5.74) is -0.0637. The lowest BCUT2D eigenvalue weighted by Gasteiger charge is -2.16. The summed E-state index contributed by atoms with van der Waals surface area (Å²) in [6.07, 6.45) is 0. The van der Waals surface area contributed by atoms with Crippen molar-refractivity contribution in [1.82, 2.24) is 20.2 Å². The quantitative estimate of drug-likeness (QED) is 0.883. The van der Waals surface area contributed by atoms with Gasteiger partial charge < -0.3 is 5.11 Å². The Bertz CT molecular complexity index is 548. The molecule has 6 heteroatoms. The van der Waals surface area contributed by atoms with Crippen LogP contribution in [-0.4, -0.2) is 31.3 Å². The van der Waals surface area contributed by atoms with E-state index in [0.29, 0.717) is 5.82 Å². The van der Waals surface area contributed by atoms with Gasteiger partial charge >= 0.3 is 5.97 Å². The van der Waals surface area contributed by atoms with Gasteiger partial charge in [-0.1, -0.05) is 30.3 Å². The molecule has 0 saturated heterocycles. The highest BCUT2D eigenvalue weighted by Gasteiger charge is 2.29. The summed E-state index contributed by atoms with van der Waals surface area (Å²) in [4.78, 5) is 12.3. The minimum absolute atomic E-state index is 0.183. The molecule has 1 aromatic heterocycles. The maximum absolute atomic E-state index is 11.0. The molecule has 2 rings (SSSR count). The van der Waals surface area contributed by atoms with Crippen LogP contribution in [0.25, 0.3) is 11.4 Å². The van der Waals surface area contributed by atoms with Crippen molar-refractivity contribution in [3.8, 4) is 11.4 Å². The second-order valence-corrected chi connectivity index (χ2v) is 4.70. The van der Waals surface area contributed by atoms with Gasteiger partial charge in [0.1, 0.15) is 0 Å². The molecule has 0 aliphatic carbocycles. The van der Waals surface area contributed by atoms with Crippen molar-refractivity contribution in [2.45, 2.75) is 20.4 Å². The molecule has 94 valence electrons. The minimum Gasteiger partial charge on any atom is -0.481 e. The number of hydrogen-bond donors (Lipinski definition) is 1. The largest absolute Gasteiger partial charge is 0.481 e. The van der Waals surface area contributed by atoms with Gasteiger partial charge in [-0.25, -0.2) is 0 Å². The molecule has 2 aromatic rings. The lowest BCUT2D eigenvalue weighted by Crippen LogP contribution is -2.30. The van der Waals surface area contributed by atoms with Crippen molar-refractivity contribution in [2.24, 2.45) is 5.41 Å². The predicted molar refractivity (Wildman–Crippen MR) is 64.7 cm³/mol. The molecular weight excluding hydrogens is 232 g/mol. The van der Waals surface area contributed by atoms with E-state index in [1.54, 1.807) is 13.8 Å². The lowest BCUT2D eigenvalue weighted by molar-refractivity contribution is -0.147. The van der Waals surface area contributed by atoms with Crippen LogP contribution in [0.5, 0.6) is 0 Å². The average Bonchev–Trinajstić information content (AvgIpc) is 2.78. The Hall–Kier alpha value is -2.24. The van der Waals surface area contributed by atoms with Gasteiger partial charge in [0.15, 0.2) is 0 Å². The standard InChI is InChI=1S/C12H14N4O2/c1-12(2,11(17)18)8-16-14-10(13-15-16)9-6-4-3-5-7-9/h3-7H,8H2,1-2H3,(H,17,18). The van der Waals surface area contributed by atoms with Crippen LogP contribution in [0.1, 0.15) is 13.8 Å². The van der Waals surface area contributed by atoms with Gasteiger partial charge in [0, 0.05) is 5.56 Å². The Kier molecular flexibility index (Phi) is 3.10. The van der Waals surface area contributed by atoms with E-state index in [1.165, 1.54) is 4.80 Å². The van der Waals surface area contributed by atoms with Gasteiger partial charge in [-0.3, -0.25) is 4.79 Å². The fraction of sp³-hybridized carbons (Fsp3) is 0.333. The first-order valence-electron chi connectivity index (χ1n) is 5.56. The summed E-state index contributed by atoms with van der Waals surface area (Å²) in [5, 5.41) is 21.0. The summed E-state index contributed by atoms with van der Waals surface area (Å²) < 4.78 is 0. The maximum Gasteiger partial charge on any atom is 0.311 e. The van der Waals surface area contributed by atoms with E-state index in [9.17, 15) is 4.79 Å². The lowest BCUT2D eigenvalue weighted by atomic mass is 9.94. The molecule has 1 heterocycles. The monoisotopic (exact) mass is 246 g/mol. The molecule has 0 aliphatic rings. The van der Waals surface area contributed by atoms with Crippen LogP contribution in [0.2, 0.25) is 0 Å². The molecular formula is C12H14N4O2. The van der Waals surface area contributed by atoms with Crippen molar-refractivity contribution < 1.29 is 9.90 Å². The summed E-state index contributed by atoms with van der Waals surface area (Å²) in [5.74, 6) is -0.391. The van der Waals surface area contributed by atoms with Gasteiger partial charge in [0.25, 0.3) is 0 Å². The zero-order valence-corrected chi connectivity index (χ0v) is 10.2. The van der Waals surface area contributed by atoms with E-state index < -0.39 is 11.4 Å². The third-order valence-corrected chi connectivity index (χ3v) is 2.60. The first-order chi connectivity index (χ1) is 8.49. The fourth-order valence-electron chi connectivity index (χ4n) is 1.43. The summed E-state index contributed by atoms with van der Waals surface area (Å²) >= 11 is 0. The van der Waals surface area contributed by atoms with Crippen molar-refractivity contribution >= 4 is 5.97 Å². The van der Waals surface area contributed by atoms with Crippen molar-refractivity contribution in [3.63, 3.8) is 0 Å². The Morgan fingerprint density at radius 3 is 2.61 bits per heavy atom. The molecule has 18 heavy (non-hydrogen) atoms. The van der Waals surface area contributed by atoms with Crippen LogP contribution in [0, 0.1) is 5.41 Å². The van der Waals surface area contributed by atoms with Gasteiger partial charge in [-0.05, 0) is 19.1 Å². The van der Waals surface area contributed by atoms with Crippen LogP contribution in [0.3, 0.4) is 0 Å². The number of carbonyl (C=O) groups is 1. The number of rotatable bonds is 4. The van der Waals surface area contributed by atoms with Crippen LogP contribution in [0.4, 0.5) is 0 Å². The predicted octanol–water partition coefficient (Wildman–Crippen LogP) is 1.45. The van der Waals surface area contributed by atoms with Crippen LogP contribution < -0.4 is 0 Å². The molecule has 0 unspecified atom stereocenters. The third-order valence-electron chi connectivity index (χ3n) is 2.60. The van der Waals surface area contributed by atoms with E-state index in [4.69, 9.17) is 5.11 Å². The summed E-state index contributed by atoms with van der Waals surface area (Å²) in [6.45, 7) is 3.43. The third kappa shape index (κ3) is 2.53. The second kappa shape index (κ2) is 4.56. The molecule has 1 N–H and O–H groups in total. The molecule has 0 saturated carbocycles. The average molecular weight is 246 g/mol. The van der Waals surface area contributed by atoms with Gasteiger partial charge in [0.05, 0.1) is 12.0 Å². The Labute approximate surface area is 104 Å². The van der Waals surface area contributed by atoms with Crippen LogP contribution in [-0.2, 0) is 11.3 Å². The van der Waals surface area contributed by atoms with Gasteiger partial charge in [-0.15, -0.1) is 10.2 Å². The molecule has 0 fully saturated rings. The van der Waals surface area contributed by atoms with E-state index in [-0.39, 0.29) is 6.54 Å². The molecule has 0 aliphatic heterocycles. The number of hydrogen-bond acceptors (Lipinski definition) is 4. The fourth-order valence-corrected chi connectivity index (χ4v) is 1.43. The van der Waals surface area contributed by atoms with E-state index >= 15 is 0 Å². The minimum atomic E-state index is -0.922. The molecule has 0 bridgehead atoms. The SMILES string of the molecule is CC(C)(Cn1nnc(-c2ccccc2)n1)C(=O)O. The molecule has 0 amide bonds. The first kappa shape index (κ1) is 12.2. The Morgan fingerprint density at radius 2 is 2.00 bits per heavy atom. The molecule has 1 aromatic carbocycles. The first-order valence-corrected chi connectivity index (χ1v) is 5.56. The number of tetrazole rings is 1. The molecule has 6 nitrogen and oxygen atoms in total. The second-order valence-electron chi connectivity index (χ2n) is 4.70. The molecule has 0 spiro atoms. The number of carboxylic acids is 1. The Balaban J connectivity index is 2.19. The van der Waals surface area contributed by atoms with Crippen LogP contribution >= 0.6 is 0 Å². The zero-order valence-electron chi connectivity index (χ0n) is 10.2. The molecule has 0 atom stereocenters. The van der Waals surface area contributed by atoms with Crippen molar-refractivity contribution in [2.75, 3.05) is 0 Å². The zero-order chi connectivity index (χ0) is 13.2. The highest BCUT2D eigenvalue weighted by Crippen LogP contribution is 2.18. The topological polar surface area (TPSA) is 80.9 Å². The highest BCUT2D eigenvalue weighted by atomic mass is 16.4. The van der Waals surface area contributed by atoms with Gasteiger partial charge in [0.2, 0.25) is 5.82 Å². The van der Waals surface area contributed by atoms with E-state index in [1.807, 2.05) is 30.3 Å². The van der Waals surface area contributed by atoms with E-state index in [0.717, 1.165) is 5.56 Å². The van der Waals surface area contributed by atoms with Crippen molar-refractivity contribution in [1.29, 1.82) is 0 Å². The number of aliphatic carboxylic acids is 1.